The maximum atomic E-state index is 12.2. The minimum Gasteiger partial charge on any atom is -0.352 e. The van der Waals surface area contributed by atoms with E-state index in [9.17, 15) is 8.78 Å². The molecule has 0 N–H and O–H groups in total. The minimum absolute atomic E-state index is 0.0411. The van der Waals surface area contributed by atoms with Crippen molar-refractivity contribution < 1.29 is 18.3 Å². The zero-order valence-corrected chi connectivity index (χ0v) is 19.6. The molecule has 0 aromatic heterocycles. The average Bonchev–Trinajstić information content (AvgIpc) is 2.80. The Hall–Kier alpha value is -0.480. The highest BCUT2D eigenvalue weighted by Crippen LogP contribution is 2.44. The lowest BCUT2D eigenvalue weighted by Gasteiger charge is -2.42. The summed E-state index contributed by atoms with van der Waals surface area (Å²) in [7, 11) is 0. The Kier molecular flexibility index (Phi) is 8.85. The Morgan fingerprint density at radius 2 is 1.16 bits per heavy atom. The fourth-order valence-corrected chi connectivity index (χ4v) is 7.10. The van der Waals surface area contributed by atoms with E-state index in [1.165, 1.54) is 77.0 Å². The van der Waals surface area contributed by atoms with Crippen LogP contribution in [0.3, 0.4) is 0 Å². The van der Waals surface area contributed by atoms with E-state index >= 15 is 0 Å². The van der Waals surface area contributed by atoms with Crippen LogP contribution in [-0.4, -0.2) is 19.5 Å². The second-order valence-electron chi connectivity index (χ2n) is 11.3. The molecule has 0 spiro atoms. The topological polar surface area (TPSA) is 18.5 Å². The quantitative estimate of drug-likeness (QED) is 0.418. The first-order chi connectivity index (χ1) is 15.1. The first-order valence-corrected chi connectivity index (χ1v) is 13.3. The van der Waals surface area contributed by atoms with Gasteiger partial charge in [-0.05, 0) is 99.9 Å². The van der Waals surface area contributed by atoms with Gasteiger partial charge in [-0.25, -0.2) is 0 Å². The molecule has 0 aromatic carbocycles. The normalized spacial score (nSPS) is 42.2. The van der Waals surface area contributed by atoms with E-state index in [0.29, 0.717) is 24.2 Å². The number of hydrogen-bond donors (Lipinski definition) is 0. The molecule has 4 fully saturated rings. The van der Waals surface area contributed by atoms with Gasteiger partial charge in [0.1, 0.15) is 0 Å². The van der Waals surface area contributed by atoms with Crippen LogP contribution < -0.4 is 0 Å². The molecule has 2 nitrogen and oxygen atoms in total. The van der Waals surface area contributed by atoms with E-state index in [0.717, 1.165) is 49.4 Å². The number of rotatable bonds is 6. The van der Waals surface area contributed by atoms with Crippen LogP contribution in [-0.2, 0) is 9.47 Å². The monoisotopic (exact) mass is 438 g/mol. The molecule has 0 unspecified atom stereocenters. The maximum Gasteiger partial charge on any atom is 0.266 e. The van der Waals surface area contributed by atoms with Crippen LogP contribution in [0, 0.1) is 41.4 Å². The predicted octanol–water partition coefficient (Wildman–Crippen LogP) is 7.98. The van der Waals surface area contributed by atoms with Crippen LogP contribution >= 0.6 is 0 Å². The summed E-state index contributed by atoms with van der Waals surface area (Å²) < 4.78 is 37.0. The van der Waals surface area contributed by atoms with E-state index < -0.39 is 6.08 Å². The number of hydrogen-bond acceptors (Lipinski definition) is 2. The van der Waals surface area contributed by atoms with Gasteiger partial charge in [-0.15, -0.1) is 0 Å². The summed E-state index contributed by atoms with van der Waals surface area (Å²) in [6.07, 6.45) is 16.8. The molecule has 31 heavy (non-hydrogen) atoms. The van der Waals surface area contributed by atoms with Crippen molar-refractivity contribution in [3.8, 4) is 0 Å². The highest BCUT2D eigenvalue weighted by molar-refractivity contribution is 4.86. The Morgan fingerprint density at radius 3 is 1.74 bits per heavy atom. The van der Waals surface area contributed by atoms with E-state index in [1.807, 2.05) is 0 Å². The summed E-state index contributed by atoms with van der Waals surface area (Å²) in [5.41, 5.74) is 0. The van der Waals surface area contributed by atoms with Gasteiger partial charge in [0, 0.05) is 11.8 Å². The first-order valence-electron chi connectivity index (χ1n) is 13.3. The van der Waals surface area contributed by atoms with Gasteiger partial charge in [0.05, 0.1) is 13.2 Å². The lowest BCUT2D eigenvalue weighted by Crippen LogP contribution is -2.41. The van der Waals surface area contributed by atoms with Gasteiger partial charge in [-0.3, -0.25) is 0 Å². The smallest absolute Gasteiger partial charge is 0.266 e. The highest BCUT2D eigenvalue weighted by Gasteiger charge is 2.37. The molecule has 1 saturated heterocycles. The van der Waals surface area contributed by atoms with Crippen LogP contribution in [0.2, 0.25) is 0 Å². The van der Waals surface area contributed by atoms with Crippen molar-refractivity contribution in [2.45, 2.75) is 103 Å². The molecule has 0 aromatic rings. The molecule has 3 aliphatic carbocycles. The molecule has 4 aliphatic rings. The van der Waals surface area contributed by atoms with Gasteiger partial charge >= 0.3 is 0 Å². The van der Waals surface area contributed by atoms with Crippen molar-refractivity contribution in [1.82, 2.24) is 0 Å². The predicted molar refractivity (Wildman–Crippen MR) is 121 cm³/mol. The second-order valence-corrected chi connectivity index (χ2v) is 11.3. The van der Waals surface area contributed by atoms with Gasteiger partial charge in [-0.2, -0.15) is 8.78 Å². The summed E-state index contributed by atoms with van der Waals surface area (Å²) in [5.74, 6) is 5.30. The maximum absolute atomic E-state index is 12.2. The van der Waals surface area contributed by atoms with Crippen LogP contribution in [0.25, 0.3) is 0 Å². The van der Waals surface area contributed by atoms with E-state index in [4.69, 9.17) is 9.47 Å². The summed E-state index contributed by atoms with van der Waals surface area (Å²) in [6, 6.07) is 0. The van der Waals surface area contributed by atoms with Gasteiger partial charge in [0.15, 0.2) is 6.29 Å². The molecule has 0 amide bonds. The Bertz CT molecular complexity index is 544. The van der Waals surface area contributed by atoms with Crippen molar-refractivity contribution >= 4 is 0 Å². The van der Waals surface area contributed by atoms with Gasteiger partial charge in [-0.1, -0.05) is 32.6 Å². The number of ether oxygens (including phenoxy) is 2. The van der Waals surface area contributed by atoms with Crippen LogP contribution in [0.5, 0.6) is 0 Å². The minimum atomic E-state index is -1.52. The van der Waals surface area contributed by atoms with Crippen molar-refractivity contribution in [2.75, 3.05) is 13.2 Å². The molecular formula is C27H44F2O2. The third-order valence-electron chi connectivity index (χ3n) is 9.31. The summed E-state index contributed by atoms with van der Waals surface area (Å²) in [5, 5.41) is 0. The lowest BCUT2D eigenvalue weighted by atomic mass is 9.68. The SMILES string of the molecule is CC1CCC(C2COC(C3CCC(C4CCC(CCC=C(F)F)CC4)CC3)OC2)CC1. The van der Waals surface area contributed by atoms with E-state index in [2.05, 4.69) is 6.92 Å². The van der Waals surface area contributed by atoms with E-state index in [1.54, 1.807) is 0 Å². The Balaban J connectivity index is 1.12. The summed E-state index contributed by atoms with van der Waals surface area (Å²) in [4.78, 5) is 0. The largest absolute Gasteiger partial charge is 0.352 e. The highest BCUT2D eigenvalue weighted by atomic mass is 19.3. The molecule has 178 valence electrons. The third kappa shape index (κ3) is 6.76. The molecule has 3 saturated carbocycles. The van der Waals surface area contributed by atoms with Crippen LogP contribution in [0.1, 0.15) is 96.8 Å². The number of allylic oxidation sites excluding steroid dienone is 1. The molecule has 0 radical (unpaired) electrons. The van der Waals surface area contributed by atoms with Crippen molar-refractivity contribution in [3.05, 3.63) is 12.2 Å². The average molecular weight is 439 g/mol. The van der Waals surface area contributed by atoms with Crippen molar-refractivity contribution in [3.63, 3.8) is 0 Å². The fraction of sp³-hybridized carbons (Fsp3) is 0.926. The fourth-order valence-electron chi connectivity index (χ4n) is 7.10. The van der Waals surface area contributed by atoms with Crippen LogP contribution in [0.4, 0.5) is 8.78 Å². The molecule has 4 rings (SSSR count). The van der Waals surface area contributed by atoms with E-state index in [-0.39, 0.29) is 6.29 Å². The molecule has 1 heterocycles. The summed E-state index contributed by atoms with van der Waals surface area (Å²) >= 11 is 0. The second kappa shape index (κ2) is 11.6. The van der Waals surface area contributed by atoms with Gasteiger partial charge in [0.2, 0.25) is 0 Å². The molecule has 1 aliphatic heterocycles. The van der Waals surface area contributed by atoms with Crippen molar-refractivity contribution in [2.24, 2.45) is 41.4 Å². The summed E-state index contributed by atoms with van der Waals surface area (Å²) in [6.45, 7) is 4.21. The van der Waals surface area contributed by atoms with Crippen molar-refractivity contribution in [1.29, 1.82) is 0 Å². The zero-order chi connectivity index (χ0) is 21.6. The first kappa shape index (κ1) is 23.7. The standard InChI is InChI=1S/C27H44F2O2/c1-19-5-9-23(10-6-19)25-17-30-27(31-18-25)24-15-13-22(14-16-24)21-11-7-20(8-12-21)3-2-4-26(28)29/h4,19-25,27H,2-3,5-18H2,1H3. The Morgan fingerprint density at radius 1 is 0.677 bits per heavy atom. The van der Waals surface area contributed by atoms with Gasteiger partial charge < -0.3 is 9.47 Å². The van der Waals surface area contributed by atoms with Crippen LogP contribution in [0.15, 0.2) is 12.2 Å². The number of halogens is 2. The van der Waals surface area contributed by atoms with Gasteiger partial charge in [0.25, 0.3) is 6.08 Å². The Labute approximate surface area is 188 Å². The lowest BCUT2D eigenvalue weighted by molar-refractivity contribution is -0.237. The molecular weight excluding hydrogens is 394 g/mol. The molecule has 4 heteroatoms. The molecule has 0 atom stereocenters. The molecule has 0 bridgehead atoms. The third-order valence-corrected chi connectivity index (χ3v) is 9.31. The zero-order valence-electron chi connectivity index (χ0n) is 19.6.